The standard InChI is InChI=1S/C39H75NO3/c1-3-5-7-9-11-13-15-17-18-19-20-21-23-25-27-29-31-33-35-39(43)40-37(36-41)38(42)34-32-30-28-26-24-22-16-14-12-10-8-6-4-2/h24,26,32,34,37-38,41-42H,3-23,25,27-31,33,35-36H2,1-2H3,(H,40,43)/b26-24+,34-32+. The summed E-state index contributed by atoms with van der Waals surface area (Å²) in [5.41, 5.74) is 0. The van der Waals surface area contributed by atoms with E-state index in [9.17, 15) is 15.0 Å². The van der Waals surface area contributed by atoms with Crippen molar-refractivity contribution >= 4 is 5.91 Å². The number of aliphatic hydroxyl groups is 2. The van der Waals surface area contributed by atoms with E-state index in [0.29, 0.717) is 6.42 Å². The van der Waals surface area contributed by atoms with Crippen LogP contribution in [0.4, 0.5) is 0 Å². The zero-order valence-corrected chi connectivity index (χ0v) is 29.0. The third kappa shape index (κ3) is 32.1. The van der Waals surface area contributed by atoms with Gasteiger partial charge in [0.15, 0.2) is 0 Å². The highest BCUT2D eigenvalue weighted by molar-refractivity contribution is 5.76. The van der Waals surface area contributed by atoms with Crippen LogP contribution in [-0.2, 0) is 4.79 Å². The molecule has 0 aromatic heterocycles. The van der Waals surface area contributed by atoms with Gasteiger partial charge in [0.1, 0.15) is 0 Å². The van der Waals surface area contributed by atoms with Gasteiger partial charge in [-0.2, -0.15) is 0 Å². The van der Waals surface area contributed by atoms with E-state index >= 15 is 0 Å². The fraction of sp³-hybridized carbons (Fsp3) is 0.872. The molecule has 2 unspecified atom stereocenters. The minimum Gasteiger partial charge on any atom is -0.394 e. The van der Waals surface area contributed by atoms with Crippen molar-refractivity contribution in [2.75, 3.05) is 6.61 Å². The molecule has 2 atom stereocenters. The zero-order chi connectivity index (χ0) is 31.5. The summed E-state index contributed by atoms with van der Waals surface area (Å²) in [6.07, 6.45) is 44.1. The number of unbranched alkanes of at least 4 members (excludes halogenated alkanes) is 25. The summed E-state index contributed by atoms with van der Waals surface area (Å²) in [7, 11) is 0. The van der Waals surface area contributed by atoms with Crippen LogP contribution in [0.5, 0.6) is 0 Å². The number of hydrogen-bond acceptors (Lipinski definition) is 3. The summed E-state index contributed by atoms with van der Waals surface area (Å²) >= 11 is 0. The lowest BCUT2D eigenvalue weighted by Crippen LogP contribution is -2.45. The van der Waals surface area contributed by atoms with Crippen LogP contribution in [0.2, 0.25) is 0 Å². The molecule has 0 radical (unpaired) electrons. The molecule has 3 N–H and O–H groups in total. The van der Waals surface area contributed by atoms with Crippen molar-refractivity contribution < 1.29 is 15.0 Å². The minimum absolute atomic E-state index is 0.0729. The summed E-state index contributed by atoms with van der Waals surface area (Å²) in [5, 5.41) is 22.9. The van der Waals surface area contributed by atoms with Gasteiger partial charge in [-0.15, -0.1) is 0 Å². The van der Waals surface area contributed by atoms with Gasteiger partial charge >= 0.3 is 0 Å². The van der Waals surface area contributed by atoms with Crippen LogP contribution in [0.25, 0.3) is 0 Å². The maximum absolute atomic E-state index is 12.3. The molecule has 0 aliphatic carbocycles. The molecule has 254 valence electrons. The Labute approximate surface area is 269 Å². The SMILES string of the molecule is CCCCCCCCC/C=C/CC/C=C/C(O)C(CO)NC(=O)CCCCCCCCCCCCCCCCCCCC. The second kappa shape index (κ2) is 35.4. The van der Waals surface area contributed by atoms with Crippen LogP contribution in [0.15, 0.2) is 24.3 Å². The predicted molar refractivity (Wildman–Crippen MR) is 189 cm³/mol. The highest BCUT2D eigenvalue weighted by Crippen LogP contribution is 2.15. The van der Waals surface area contributed by atoms with Gasteiger partial charge < -0.3 is 15.5 Å². The van der Waals surface area contributed by atoms with Crippen LogP contribution in [0.1, 0.15) is 200 Å². The first kappa shape index (κ1) is 41.9. The number of nitrogens with one attached hydrogen (secondary N) is 1. The van der Waals surface area contributed by atoms with Gasteiger partial charge in [0, 0.05) is 6.42 Å². The molecule has 0 heterocycles. The Morgan fingerprint density at radius 3 is 1.35 bits per heavy atom. The van der Waals surface area contributed by atoms with E-state index in [1.54, 1.807) is 6.08 Å². The topological polar surface area (TPSA) is 69.6 Å². The molecule has 0 aliphatic heterocycles. The average Bonchev–Trinajstić information content (AvgIpc) is 3.01. The smallest absolute Gasteiger partial charge is 0.220 e. The maximum Gasteiger partial charge on any atom is 0.220 e. The van der Waals surface area contributed by atoms with Gasteiger partial charge in [-0.3, -0.25) is 4.79 Å². The molecule has 0 aromatic rings. The Kier molecular flexibility index (Phi) is 34.4. The van der Waals surface area contributed by atoms with Crippen molar-refractivity contribution in [1.29, 1.82) is 0 Å². The van der Waals surface area contributed by atoms with Gasteiger partial charge in [-0.05, 0) is 32.1 Å². The summed E-state index contributed by atoms with van der Waals surface area (Å²) in [4.78, 5) is 12.3. The van der Waals surface area contributed by atoms with Gasteiger partial charge in [0.25, 0.3) is 0 Å². The first-order valence-corrected chi connectivity index (χ1v) is 19.1. The lowest BCUT2D eigenvalue weighted by Gasteiger charge is -2.19. The molecule has 0 saturated heterocycles. The maximum atomic E-state index is 12.3. The van der Waals surface area contributed by atoms with Gasteiger partial charge in [0.2, 0.25) is 5.91 Å². The molecule has 0 spiro atoms. The van der Waals surface area contributed by atoms with Crippen LogP contribution in [0, 0.1) is 0 Å². The van der Waals surface area contributed by atoms with Crippen LogP contribution < -0.4 is 5.32 Å². The monoisotopic (exact) mass is 606 g/mol. The van der Waals surface area contributed by atoms with Gasteiger partial charge in [-0.1, -0.05) is 186 Å². The fourth-order valence-electron chi connectivity index (χ4n) is 5.72. The van der Waals surface area contributed by atoms with E-state index in [-0.39, 0.29) is 12.5 Å². The van der Waals surface area contributed by atoms with Crippen molar-refractivity contribution in [3.63, 3.8) is 0 Å². The summed E-state index contributed by atoms with van der Waals surface area (Å²) in [6.45, 7) is 4.28. The highest BCUT2D eigenvalue weighted by Gasteiger charge is 2.17. The first-order chi connectivity index (χ1) is 21.2. The Morgan fingerprint density at radius 1 is 0.535 bits per heavy atom. The van der Waals surface area contributed by atoms with Crippen molar-refractivity contribution in [1.82, 2.24) is 5.32 Å². The molecule has 0 bridgehead atoms. The van der Waals surface area contributed by atoms with Gasteiger partial charge in [-0.25, -0.2) is 0 Å². The number of hydrogen-bond donors (Lipinski definition) is 3. The number of carbonyl (C=O) groups is 1. The molecule has 0 rings (SSSR count). The Hall–Kier alpha value is -1.13. The molecule has 4 nitrogen and oxygen atoms in total. The van der Waals surface area contributed by atoms with E-state index in [0.717, 1.165) is 32.1 Å². The third-order valence-electron chi connectivity index (χ3n) is 8.69. The number of allylic oxidation sites excluding steroid dienone is 3. The quantitative estimate of drug-likeness (QED) is 0.0505. The van der Waals surface area contributed by atoms with Crippen molar-refractivity contribution in [2.24, 2.45) is 0 Å². The Morgan fingerprint density at radius 2 is 0.907 bits per heavy atom. The van der Waals surface area contributed by atoms with Crippen LogP contribution in [-0.4, -0.2) is 34.9 Å². The van der Waals surface area contributed by atoms with Gasteiger partial charge in [0.05, 0.1) is 18.8 Å². The molecule has 1 amide bonds. The molecule has 0 aromatic carbocycles. The predicted octanol–water partition coefficient (Wildman–Crippen LogP) is 11.3. The zero-order valence-electron chi connectivity index (χ0n) is 29.0. The Bertz CT molecular complexity index is 618. The average molecular weight is 606 g/mol. The minimum atomic E-state index is -0.856. The van der Waals surface area contributed by atoms with Crippen molar-refractivity contribution in [3.8, 4) is 0 Å². The third-order valence-corrected chi connectivity index (χ3v) is 8.69. The second-order valence-electron chi connectivity index (χ2n) is 13.0. The van der Waals surface area contributed by atoms with Crippen molar-refractivity contribution in [2.45, 2.75) is 212 Å². The summed E-state index contributed by atoms with van der Waals surface area (Å²) < 4.78 is 0. The summed E-state index contributed by atoms with van der Waals surface area (Å²) in [6, 6.07) is -0.632. The molecular formula is C39H75NO3. The van der Waals surface area contributed by atoms with E-state index < -0.39 is 12.1 Å². The van der Waals surface area contributed by atoms with Crippen LogP contribution >= 0.6 is 0 Å². The van der Waals surface area contributed by atoms with E-state index in [1.807, 2.05) is 6.08 Å². The molecule has 0 fully saturated rings. The molecule has 0 aliphatic rings. The second-order valence-corrected chi connectivity index (χ2v) is 13.0. The van der Waals surface area contributed by atoms with Crippen molar-refractivity contribution in [3.05, 3.63) is 24.3 Å². The van der Waals surface area contributed by atoms with E-state index in [2.05, 4.69) is 31.3 Å². The lowest BCUT2D eigenvalue weighted by atomic mass is 10.0. The number of carbonyl (C=O) groups excluding carboxylic acids is 1. The highest BCUT2D eigenvalue weighted by atomic mass is 16.3. The molecule has 4 heteroatoms. The number of amides is 1. The largest absolute Gasteiger partial charge is 0.394 e. The summed E-state index contributed by atoms with van der Waals surface area (Å²) in [5.74, 6) is -0.0729. The van der Waals surface area contributed by atoms with Crippen LogP contribution in [0.3, 0.4) is 0 Å². The molecular weight excluding hydrogens is 530 g/mol. The normalized spacial score (nSPS) is 13.3. The van der Waals surface area contributed by atoms with E-state index in [1.165, 1.54) is 148 Å². The Balaban J connectivity index is 3.60. The molecule has 0 saturated carbocycles. The number of rotatable bonds is 34. The first-order valence-electron chi connectivity index (χ1n) is 19.1. The molecule has 43 heavy (non-hydrogen) atoms. The number of aliphatic hydroxyl groups excluding tert-OH is 2. The van der Waals surface area contributed by atoms with E-state index in [4.69, 9.17) is 0 Å². The lowest BCUT2D eigenvalue weighted by molar-refractivity contribution is -0.123. The fourth-order valence-corrected chi connectivity index (χ4v) is 5.72.